The molecule has 80 valence electrons. The van der Waals surface area contributed by atoms with Gasteiger partial charge in [-0.2, -0.15) is 5.26 Å². The highest BCUT2D eigenvalue weighted by Gasteiger charge is 2.18. The fourth-order valence-corrected chi connectivity index (χ4v) is 2.32. The fraction of sp³-hybridized carbons (Fsp3) is 0.0625. The van der Waals surface area contributed by atoms with Gasteiger partial charge < -0.3 is 0 Å². The summed E-state index contributed by atoms with van der Waals surface area (Å²) in [5, 5.41) is 8.96. The Morgan fingerprint density at radius 3 is 2.59 bits per heavy atom. The van der Waals surface area contributed by atoms with Crippen LogP contribution in [0.1, 0.15) is 28.2 Å². The molecule has 0 amide bonds. The van der Waals surface area contributed by atoms with E-state index in [-0.39, 0.29) is 0 Å². The van der Waals surface area contributed by atoms with Crippen molar-refractivity contribution in [1.82, 2.24) is 0 Å². The largest absolute Gasteiger partial charge is 0.192 e. The molecule has 2 aromatic carbocycles. The van der Waals surface area contributed by atoms with E-state index in [2.05, 4.69) is 42.5 Å². The third kappa shape index (κ3) is 1.64. The predicted molar refractivity (Wildman–Crippen MR) is 68.5 cm³/mol. The molecule has 1 nitrogen and oxygen atoms in total. The molecule has 1 aliphatic rings. The van der Waals surface area contributed by atoms with Crippen molar-refractivity contribution >= 4 is 6.08 Å². The maximum Gasteiger partial charge on any atom is 0.0991 e. The Morgan fingerprint density at radius 1 is 1.00 bits per heavy atom. The zero-order chi connectivity index (χ0) is 11.7. The second kappa shape index (κ2) is 3.92. The molecule has 0 aromatic heterocycles. The van der Waals surface area contributed by atoms with Crippen molar-refractivity contribution in [3.63, 3.8) is 0 Å². The van der Waals surface area contributed by atoms with Gasteiger partial charge >= 0.3 is 0 Å². The van der Waals surface area contributed by atoms with Gasteiger partial charge in [-0.3, -0.25) is 0 Å². The molecule has 3 rings (SSSR count). The van der Waals surface area contributed by atoms with Crippen LogP contribution in [-0.2, 0) is 0 Å². The van der Waals surface area contributed by atoms with Crippen molar-refractivity contribution in [3.8, 4) is 6.07 Å². The fourth-order valence-electron chi connectivity index (χ4n) is 2.32. The highest BCUT2D eigenvalue weighted by molar-refractivity contribution is 5.66. The molecule has 1 heteroatoms. The molecule has 2 aromatic rings. The van der Waals surface area contributed by atoms with Crippen LogP contribution >= 0.6 is 0 Å². The summed E-state index contributed by atoms with van der Waals surface area (Å²) in [7, 11) is 0. The van der Waals surface area contributed by atoms with Crippen LogP contribution in [0.2, 0.25) is 0 Å². The SMILES string of the molecule is N#Cc1ccc2c(c1)[C@H](c1ccccc1)C=C2. The van der Waals surface area contributed by atoms with Gasteiger partial charge in [-0.05, 0) is 28.8 Å². The predicted octanol–water partition coefficient (Wildman–Crippen LogP) is 3.72. The van der Waals surface area contributed by atoms with E-state index >= 15 is 0 Å². The molecule has 0 heterocycles. The maximum absolute atomic E-state index is 8.96. The summed E-state index contributed by atoms with van der Waals surface area (Å²) < 4.78 is 0. The Balaban J connectivity index is 2.10. The molecule has 0 fully saturated rings. The number of hydrogen-bond acceptors (Lipinski definition) is 1. The minimum absolute atomic E-state index is 0.291. The monoisotopic (exact) mass is 217 g/mol. The molecule has 0 radical (unpaired) electrons. The zero-order valence-corrected chi connectivity index (χ0v) is 9.30. The number of nitriles is 1. The van der Waals surface area contributed by atoms with Gasteiger partial charge in [0.05, 0.1) is 11.6 Å². The molecule has 1 aliphatic carbocycles. The summed E-state index contributed by atoms with van der Waals surface area (Å²) in [6.07, 6.45) is 4.33. The summed E-state index contributed by atoms with van der Waals surface area (Å²) >= 11 is 0. The van der Waals surface area contributed by atoms with Crippen LogP contribution in [0.5, 0.6) is 0 Å². The lowest BCUT2D eigenvalue weighted by Gasteiger charge is -2.11. The van der Waals surface area contributed by atoms with E-state index < -0.39 is 0 Å². The van der Waals surface area contributed by atoms with E-state index in [0.717, 1.165) is 5.56 Å². The first-order chi connectivity index (χ1) is 8.38. The standard InChI is InChI=1S/C16H11N/c17-11-12-6-7-14-8-9-15(16(14)10-12)13-4-2-1-3-5-13/h1-10,15H/t15-/m0/s1. The van der Waals surface area contributed by atoms with Gasteiger partial charge in [-0.1, -0.05) is 48.6 Å². The molecular weight excluding hydrogens is 206 g/mol. The number of nitrogens with zero attached hydrogens (tertiary/aromatic N) is 1. The highest BCUT2D eigenvalue weighted by Crippen LogP contribution is 2.35. The summed E-state index contributed by atoms with van der Waals surface area (Å²) in [5.74, 6) is 0.291. The lowest BCUT2D eigenvalue weighted by Crippen LogP contribution is -1.96. The molecule has 0 N–H and O–H groups in total. The van der Waals surface area contributed by atoms with Crippen molar-refractivity contribution in [2.75, 3.05) is 0 Å². The molecule has 0 bridgehead atoms. The average molecular weight is 217 g/mol. The van der Waals surface area contributed by atoms with Crippen LogP contribution in [0.15, 0.2) is 54.6 Å². The molecule has 1 atom stereocenters. The number of benzene rings is 2. The van der Waals surface area contributed by atoms with Crippen LogP contribution in [0.3, 0.4) is 0 Å². The first-order valence-electron chi connectivity index (χ1n) is 5.66. The highest BCUT2D eigenvalue weighted by atomic mass is 14.3. The topological polar surface area (TPSA) is 23.8 Å². The van der Waals surface area contributed by atoms with Gasteiger partial charge in [-0.25, -0.2) is 0 Å². The van der Waals surface area contributed by atoms with E-state index in [4.69, 9.17) is 5.26 Å². The Hall–Kier alpha value is -2.33. The third-order valence-electron chi connectivity index (χ3n) is 3.18. The second-order valence-corrected chi connectivity index (χ2v) is 4.20. The van der Waals surface area contributed by atoms with Crippen molar-refractivity contribution in [2.24, 2.45) is 0 Å². The van der Waals surface area contributed by atoms with Gasteiger partial charge in [0.15, 0.2) is 0 Å². The van der Waals surface area contributed by atoms with Crippen molar-refractivity contribution in [1.29, 1.82) is 5.26 Å². The molecule has 0 aliphatic heterocycles. The Bertz CT molecular complexity index is 618. The molecular formula is C16H11N. The molecule has 0 saturated carbocycles. The number of hydrogen-bond donors (Lipinski definition) is 0. The lowest BCUT2D eigenvalue weighted by atomic mass is 9.92. The molecule has 17 heavy (non-hydrogen) atoms. The third-order valence-corrected chi connectivity index (χ3v) is 3.18. The normalized spacial score (nSPS) is 16.5. The van der Waals surface area contributed by atoms with E-state index in [0.29, 0.717) is 5.92 Å². The van der Waals surface area contributed by atoms with Crippen LogP contribution in [0.4, 0.5) is 0 Å². The Labute approximate surface area is 101 Å². The second-order valence-electron chi connectivity index (χ2n) is 4.20. The lowest BCUT2D eigenvalue weighted by molar-refractivity contribution is 1.05. The van der Waals surface area contributed by atoms with Gasteiger partial charge in [-0.15, -0.1) is 0 Å². The summed E-state index contributed by atoms with van der Waals surface area (Å²) in [6.45, 7) is 0. The quantitative estimate of drug-likeness (QED) is 0.714. The number of rotatable bonds is 1. The van der Waals surface area contributed by atoms with Crippen LogP contribution in [0, 0.1) is 11.3 Å². The van der Waals surface area contributed by atoms with Gasteiger partial charge in [0.1, 0.15) is 0 Å². The van der Waals surface area contributed by atoms with E-state index in [1.807, 2.05) is 24.3 Å². The van der Waals surface area contributed by atoms with Gasteiger partial charge in [0.25, 0.3) is 0 Å². The minimum Gasteiger partial charge on any atom is -0.192 e. The number of fused-ring (bicyclic) bond motifs is 1. The molecule has 0 saturated heterocycles. The zero-order valence-electron chi connectivity index (χ0n) is 9.30. The van der Waals surface area contributed by atoms with Gasteiger partial charge in [0.2, 0.25) is 0 Å². The number of allylic oxidation sites excluding steroid dienone is 1. The Kier molecular flexibility index (Phi) is 2.27. The Morgan fingerprint density at radius 2 is 1.82 bits per heavy atom. The molecule has 0 unspecified atom stereocenters. The van der Waals surface area contributed by atoms with E-state index in [1.54, 1.807) is 0 Å². The molecule has 0 spiro atoms. The summed E-state index contributed by atoms with van der Waals surface area (Å²) in [4.78, 5) is 0. The van der Waals surface area contributed by atoms with Crippen LogP contribution < -0.4 is 0 Å². The van der Waals surface area contributed by atoms with Crippen LogP contribution in [0.25, 0.3) is 6.08 Å². The van der Waals surface area contributed by atoms with E-state index in [9.17, 15) is 0 Å². The summed E-state index contributed by atoms with van der Waals surface area (Å²) in [5.41, 5.74) is 4.46. The average Bonchev–Trinajstić information content (AvgIpc) is 2.82. The maximum atomic E-state index is 8.96. The van der Waals surface area contributed by atoms with Crippen molar-refractivity contribution < 1.29 is 0 Å². The van der Waals surface area contributed by atoms with Crippen LogP contribution in [-0.4, -0.2) is 0 Å². The first-order valence-corrected chi connectivity index (χ1v) is 5.66. The first kappa shape index (κ1) is 9.86. The van der Waals surface area contributed by atoms with Crippen molar-refractivity contribution in [3.05, 3.63) is 76.9 Å². The van der Waals surface area contributed by atoms with Crippen molar-refractivity contribution in [2.45, 2.75) is 5.92 Å². The summed E-state index contributed by atoms with van der Waals surface area (Å²) in [6, 6.07) is 18.5. The van der Waals surface area contributed by atoms with Gasteiger partial charge in [0, 0.05) is 5.92 Å². The minimum atomic E-state index is 0.291. The van der Waals surface area contributed by atoms with E-state index in [1.165, 1.54) is 16.7 Å². The smallest absolute Gasteiger partial charge is 0.0991 e.